The maximum Gasteiger partial charge on any atom is 0.202 e. The van der Waals surface area contributed by atoms with Crippen molar-refractivity contribution in [3.05, 3.63) is 186 Å². The standard InChI is InChI=1S/C40H27O3P/c41-36-27-33(28-16-6-1-7-17-28)35(26-34(36)29-18-8-2-9-19-29)37-38(42)40(39(37)43)44(30-20-10-3-11-21-30,31-22-12-4-13-23-31)32-24-14-5-15-25-32/h1-27H. The minimum atomic E-state index is -2.86. The Morgan fingerprint density at radius 2 is 0.750 bits per heavy atom. The van der Waals surface area contributed by atoms with E-state index in [0.29, 0.717) is 22.0 Å². The second kappa shape index (κ2) is 11.4. The van der Waals surface area contributed by atoms with Gasteiger partial charge in [-0.3, -0.25) is 14.4 Å². The van der Waals surface area contributed by atoms with Gasteiger partial charge in [0.25, 0.3) is 0 Å². The third kappa shape index (κ3) is 4.41. The Morgan fingerprint density at radius 1 is 0.386 bits per heavy atom. The molecule has 5 aromatic carbocycles. The molecule has 1 saturated carbocycles. The van der Waals surface area contributed by atoms with E-state index in [4.69, 9.17) is 0 Å². The van der Waals surface area contributed by atoms with Gasteiger partial charge in [0, 0.05) is 5.57 Å². The van der Waals surface area contributed by atoms with Gasteiger partial charge in [0.2, 0.25) is 11.6 Å². The lowest BCUT2D eigenvalue weighted by atomic mass is 9.77. The summed E-state index contributed by atoms with van der Waals surface area (Å²) in [5.74, 6) is -0.702. The second-order valence-electron chi connectivity index (χ2n) is 10.7. The highest BCUT2D eigenvalue weighted by Gasteiger charge is 2.48. The molecule has 44 heavy (non-hydrogen) atoms. The zero-order chi connectivity index (χ0) is 30.1. The van der Waals surface area contributed by atoms with Gasteiger partial charge in [-0.2, -0.15) is 0 Å². The Labute approximate surface area is 256 Å². The maximum absolute atomic E-state index is 14.7. The highest BCUT2D eigenvalue weighted by molar-refractivity contribution is 7.98. The predicted molar refractivity (Wildman–Crippen MR) is 181 cm³/mol. The lowest BCUT2D eigenvalue weighted by Gasteiger charge is -2.36. The molecular weight excluding hydrogens is 559 g/mol. The summed E-state index contributed by atoms with van der Waals surface area (Å²) in [5, 5.41) is 3.13. The van der Waals surface area contributed by atoms with Crippen LogP contribution in [0.4, 0.5) is 0 Å². The fourth-order valence-corrected chi connectivity index (χ4v) is 10.6. The van der Waals surface area contributed by atoms with Crippen LogP contribution in [0.1, 0.15) is 11.1 Å². The largest absolute Gasteiger partial charge is 0.289 e. The first-order chi connectivity index (χ1) is 21.6. The normalized spacial score (nSPS) is 15.1. The number of carbonyl (C=O) groups excluding carboxylic acids is 3. The molecule has 0 N–H and O–H groups in total. The summed E-state index contributed by atoms with van der Waals surface area (Å²) in [6.45, 7) is -2.86. The number of benzene rings is 5. The summed E-state index contributed by atoms with van der Waals surface area (Å²) in [7, 11) is 0. The summed E-state index contributed by atoms with van der Waals surface area (Å²) in [5.41, 5.74) is 3.16. The van der Waals surface area contributed by atoms with Crippen molar-refractivity contribution in [3.63, 3.8) is 0 Å². The first-order valence-electron chi connectivity index (χ1n) is 14.5. The molecule has 0 amide bonds. The molecule has 4 heteroatoms. The van der Waals surface area contributed by atoms with E-state index in [0.717, 1.165) is 27.0 Å². The molecule has 0 unspecified atom stereocenters. The van der Waals surface area contributed by atoms with Crippen molar-refractivity contribution in [2.75, 3.05) is 0 Å². The van der Waals surface area contributed by atoms with Gasteiger partial charge in [0.05, 0.1) is 10.9 Å². The van der Waals surface area contributed by atoms with Crippen LogP contribution in [0, 0.1) is 0 Å². The number of Topliss-reactive ketones (excluding diaryl/α,β-unsaturated/α-hetero) is 2. The number of carbonyl (C=O) groups is 3. The smallest absolute Gasteiger partial charge is 0.202 e. The second-order valence-corrected chi connectivity index (χ2v) is 14.0. The lowest BCUT2D eigenvalue weighted by molar-refractivity contribution is -0.120. The minimum Gasteiger partial charge on any atom is -0.289 e. The molecular formula is C40H27O3P. The number of hydrogen-bond donors (Lipinski definition) is 0. The Hall–Kier alpha value is -5.37. The first-order valence-corrected chi connectivity index (χ1v) is 16.3. The van der Waals surface area contributed by atoms with Gasteiger partial charge < -0.3 is 0 Å². The highest BCUT2D eigenvalue weighted by Crippen LogP contribution is 2.51. The molecule has 210 valence electrons. The third-order valence-corrected chi connectivity index (χ3v) is 12.5. The van der Waals surface area contributed by atoms with Crippen molar-refractivity contribution in [3.8, 4) is 0 Å². The van der Waals surface area contributed by atoms with Crippen LogP contribution in [-0.2, 0) is 14.4 Å². The molecule has 0 spiro atoms. The molecule has 0 aliphatic heterocycles. The van der Waals surface area contributed by atoms with E-state index in [1.165, 1.54) is 0 Å². The Balaban J connectivity index is 1.55. The number of hydrogen-bond acceptors (Lipinski definition) is 3. The summed E-state index contributed by atoms with van der Waals surface area (Å²) in [6.07, 6.45) is 3.29. The van der Waals surface area contributed by atoms with Crippen molar-refractivity contribution in [2.24, 2.45) is 0 Å². The number of ketones is 3. The van der Waals surface area contributed by atoms with Crippen LogP contribution in [0.5, 0.6) is 0 Å². The van der Waals surface area contributed by atoms with Crippen molar-refractivity contribution in [2.45, 2.75) is 0 Å². The molecule has 2 aliphatic carbocycles. The highest BCUT2D eigenvalue weighted by atomic mass is 31.2. The van der Waals surface area contributed by atoms with Gasteiger partial charge in [-0.1, -0.05) is 152 Å². The molecule has 2 aliphatic rings. The average molecular weight is 587 g/mol. The Morgan fingerprint density at radius 3 is 1.16 bits per heavy atom. The molecule has 7 rings (SSSR count). The first kappa shape index (κ1) is 27.5. The van der Waals surface area contributed by atoms with Gasteiger partial charge in [-0.25, -0.2) is 0 Å². The van der Waals surface area contributed by atoms with E-state index in [1.54, 1.807) is 12.2 Å². The molecule has 0 bridgehead atoms. The fraction of sp³-hybridized carbons (Fsp3) is 0. The van der Waals surface area contributed by atoms with E-state index in [-0.39, 0.29) is 22.9 Å². The van der Waals surface area contributed by atoms with E-state index < -0.39 is 6.89 Å². The van der Waals surface area contributed by atoms with Gasteiger partial charge in [0.1, 0.15) is 0 Å². The quantitative estimate of drug-likeness (QED) is 0.137. The third-order valence-electron chi connectivity index (χ3n) is 8.21. The van der Waals surface area contributed by atoms with Crippen LogP contribution < -0.4 is 15.9 Å². The Kier molecular flexibility index (Phi) is 7.10. The molecule has 0 heterocycles. The van der Waals surface area contributed by atoms with Gasteiger partial charge in [-0.15, -0.1) is 0 Å². The summed E-state index contributed by atoms with van der Waals surface area (Å²) in [4.78, 5) is 42.9. The van der Waals surface area contributed by atoms with E-state index in [1.807, 2.05) is 152 Å². The molecule has 0 atom stereocenters. The topological polar surface area (TPSA) is 51.2 Å². The van der Waals surface area contributed by atoms with Crippen molar-refractivity contribution >= 4 is 56.6 Å². The summed E-state index contributed by atoms with van der Waals surface area (Å²) in [6, 6.07) is 48.6. The Bertz CT molecular complexity index is 1950. The maximum atomic E-state index is 14.7. The number of allylic oxidation sites excluding steroid dienone is 6. The van der Waals surface area contributed by atoms with Crippen LogP contribution in [-0.4, -0.2) is 22.6 Å². The van der Waals surface area contributed by atoms with E-state index in [9.17, 15) is 14.4 Å². The molecule has 1 fully saturated rings. The molecule has 0 saturated heterocycles. The molecule has 3 nitrogen and oxygen atoms in total. The summed E-state index contributed by atoms with van der Waals surface area (Å²) < 4.78 is 0. The monoisotopic (exact) mass is 586 g/mol. The SMILES string of the molecule is O=C1C=C(c2ccccc2)C(=C2C(=O)C(=P(c3ccccc3)(c3ccccc3)c3ccccc3)C2=O)C=C1c1ccccc1. The van der Waals surface area contributed by atoms with E-state index in [2.05, 4.69) is 0 Å². The van der Waals surface area contributed by atoms with Crippen LogP contribution >= 0.6 is 6.89 Å². The molecule has 0 radical (unpaired) electrons. The zero-order valence-electron chi connectivity index (χ0n) is 23.8. The minimum absolute atomic E-state index is 0.128. The molecule has 0 aromatic heterocycles. The predicted octanol–water partition coefficient (Wildman–Crippen LogP) is 6.35. The van der Waals surface area contributed by atoms with Crippen molar-refractivity contribution in [1.29, 1.82) is 0 Å². The van der Waals surface area contributed by atoms with Crippen LogP contribution in [0.2, 0.25) is 0 Å². The number of rotatable bonds is 5. The van der Waals surface area contributed by atoms with Gasteiger partial charge in [-0.05, 0) is 57.2 Å². The lowest BCUT2D eigenvalue weighted by Crippen LogP contribution is -2.48. The van der Waals surface area contributed by atoms with Crippen LogP contribution in [0.25, 0.3) is 11.1 Å². The average Bonchev–Trinajstić information content (AvgIpc) is 3.09. The van der Waals surface area contributed by atoms with Crippen LogP contribution in [0.3, 0.4) is 0 Å². The fourth-order valence-electron chi connectivity index (χ4n) is 6.21. The molecule has 5 aromatic rings. The zero-order valence-corrected chi connectivity index (χ0v) is 24.7. The summed E-state index contributed by atoms with van der Waals surface area (Å²) >= 11 is 0. The van der Waals surface area contributed by atoms with Crippen LogP contribution in [0.15, 0.2) is 175 Å². The van der Waals surface area contributed by atoms with Gasteiger partial charge >= 0.3 is 0 Å². The van der Waals surface area contributed by atoms with Gasteiger partial charge in [0.15, 0.2) is 5.78 Å². The van der Waals surface area contributed by atoms with Crippen molar-refractivity contribution < 1.29 is 14.4 Å². The van der Waals surface area contributed by atoms with E-state index >= 15 is 0 Å². The van der Waals surface area contributed by atoms with Crippen molar-refractivity contribution in [1.82, 2.24) is 0 Å².